The van der Waals surface area contributed by atoms with Crippen molar-refractivity contribution < 1.29 is 4.74 Å². The van der Waals surface area contributed by atoms with E-state index in [9.17, 15) is 4.79 Å². The van der Waals surface area contributed by atoms with Gasteiger partial charge in [-0.1, -0.05) is 48.5 Å². The maximum atomic E-state index is 11.9. The molecule has 6 heteroatoms. The van der Waals surface area contributed by atoms with E-state index in [0.29, 0.717) is 19.7 Å². The van der Waals surface area contributed by atoms with Crippen LogP contribution in [-0.4, -0.2) is 42.2 Å². The number of pyridine rings is 1. The highest BCUT2D eigenvalue weighted by molar-refractivity contribution is 5.79. The van der Waals surface area contributed by atoms with E-state index in [1.165, 1.54) is 0 Å². The first kappa shape index (κ1) is 22.2. The second kappa shape index (κ2) is 11.6. The number of nitrogens with one attached hydrogen (secondary N) is 1. The molecule has 0 amide bonds. The molecule has 3 aromatic rings. The average Bonchev–Trinajstić information content (AvgIpc) is 2.80. The van der Waals surface area contributed by atoms with Crippen LogP contribution in [0.4, 0.5) is 0 Å². The van der Waals surface area contributed by atoms with Gasteiger partial charge in [-0.15, -0.1) is 0 Å². The van der Waals surface area contributed by atoms with Gasteiger partial charge >= 0.3 is 0 Å². The van der Waals surface area contributed by atoms with E-state index < -0.39 is 0 Å². The molecule has 0 saturated carbocycles. The van der Waals surface area contributed by atoms with E-state index in [-0.39, 0.29) is 5.56 Å². The molecule has 0 saturated heterocycles. The van der Waals surface area contributed by atoms with E-state index in [1.54, 1.807) is 22.9 Å². The highest BCUT2D eigenvalue weighted by atomic mass is 16.5. The van der Waals surface area contributed by atoms with Gasteiger partial charge in [0.25, 0.3) is 5.56 Å². The summed E-state index contributed by atoms with van der Waals surface area (Å²) in [5, 5.41) is 3.33. The molecule has 0 aliphatic carbocycles. The Bertz CT molecular complexity index is 1010. The Hall–Kier alpha value is -3.54. The van der Waals surface area contributed by atoms with Crippen molar-refractivity contribution in [2.24, 2.45) is 4.99 Å². The van der Waals surface area contributed by atoms with Gasteiger partial charge in [0.05, 0.1) is 19.6 Å². The van der Waals surface area contributed by atoms with Crippen LogP contribution in [0.25, 0.3) is 0 Å². The molecule has 2 aromatic carbocycles. The van der Waals surface area contributed by atoms with E-state index in [2.05, 4.69) is 41.4 Å². The summed E-state index contributed by atoms with van der Waals surface area (Å²) < 4.78 is 7.49. The molecular weight excluding hydrogens is 388 g/mol. The fraction of sp³-hybridized carbons (Fsp3) is 0.280. The van der Waals surface area contributed by atoms with Crippen LogP contribution < -0.4 is 15.6 Å². The van der Waals surface area contributed by atoms with Gasteiger partial charge in [-0.2, -0.15) is 0 Å². The Morgan fingerprint density at radius 2 is 1.71 bits per heavy atom. The monoisotopic (exact) mass is 418 g/mol. The van der Waals surface area contributed by atoms with Gasteiger partial charge in [0, 0.05) is 25.9 Å². The highest BCUT2D eigenvalue weighted by Gasteiger charge is 2.06. The summed E-state index contributed by atoms with van der Waals surface area (Å²) in [4.78, 5) is 18.7. The number of ether oxygens (including phenoxy) is 1. The van der Waals surface area contributed by atoms with Gasteiger partial charge in [-0.3, -0.25) is 4.79 Å². The van der Waals surface area contributed by atoms with Crippen molar-refractivity contribution >= 4 is 5.96 Å². The van der Waals surface area contributed by atoms with Gasteiger partial charge in [-0.05, 0) is 36.2 Å². The first-order valence-corrected chi connectivity index (χ1v) is 10.6. The average molecular weight is 419 g/mol. The number of aliphatic imine (C=N–C) groups is 1. The van der Waals surface area contributed by atoms with Crippen molar-refractivity contribution in [1.82, 2.24) is 14.8 Å². The van der Waals surface area contributed by atoms with Gasteiger partial charge in [0.1, 0.15) is 12.4 Å². The van der Waals surface area contributed by atoms with Crippen LogP contribution in [0, 0.1) is 0 Å². The minimum absolute atomic E-state index is 0.00531. The Kier molecular flexibility index (Phi) is 8.29. The Morgan fingerprint density at radius 1 is 1.00 bits per heavy atom. The Labute approximate surface area is 183 Å². The standard InChI is InChI=1S/C25H30N4O2/c1-3-26-25(28(2)17-18-31-23-9-5-4-6-10-23)27-19-21-12-14-22(15-13-21)20-29-16-8-7-11-24(29)30/h4-16H,3,17-20H2,1-2H3,(H,26,27). The number of hydrogen-bond donors (Lipinski definition) is 1. The summed E-state index contributed by atoms with van der Waals surface area (Å²) in [5.41, 5.74) is 2.21. The molecule has 0 fully saturated rings. The molecule has 0 spiro atoms. The van der Waals surface area contributed by atoms with Crippen LogP contribution in [0.15, 0.2) is 88.8 Å². The first-order valence-electron chi connectivity index (χ1n) is 10.6. The number of rotatable bonds is 9. The van der Waals surface area contributed by atoms with Gasteiger partial charge < -0.3 is 19.5 Å². The van der Waals surface area contributed by atoms with Crippen LogP contribution in [0.5, 0.6) is 5.75 Å². The second-order valence-corrected chi connectivity index (χ2v) is 7.24. The molecule has 162 valence electrons. The summed E-state index contributed by atoms with van der Waals surface area (Å²) in [6, 6.07) is 23.2. The van der Waals surface area contributed by atoms with E-state index in [1.807, 2.05) is 43.4 Å². The molecule has 1 N–H and O–H groups in total. The first-order chi connectivity index (χ1) is 15.2. The lowest BCUT2D eigenvalue weighted by atomic mass is 10.1. The third-order valence-corrected chi connectivity index (χ3v) is 4.82. The van der Waals surface area contributed by atoms with Crippen molar-refractivity contribution in [2.45, 2.75) is 20.0 Å². The fourth-order valence-corrected chi connectivity index (χ4v) is 3.10. The summed E-state index contributed by atoms with van der Waals surface area (Å²) in [7, 11) is 2.01. The maximum absolute atomic E-state index is 11.9. The lowest BCUT2D eigenvalue weighted by molar-refractivity contribution is 0.281. The number of para-hydroxylation sites is 1. The molecule has 0 radical (unpaired) electrons. The summed E-state index contributed by atoms with van der Waals surface area (Å²) >= 11 is 0. The molecule has 6 nitrogen and oxygen atoms in total. The van der Waals surface area contributed by atoms with Crippen LogP contribution in [-0.2, 0) is 13.1 Å². The normalized spacial score (nSPS) is 11.2. The van der Waals surface area contributed by atoms with Crippen molar-refractivity contribution in [2.75, 3.05) is 26.7 Å². The van der Waals surface area contributed by atoms with E-state index in [0.717, 1.165) is 35.9 Å². The van der Waals surface area contributed by atoms with Crippen LogP contribution in [0.1, 0.15) is 18.1 Å². The molecule has 0 aliphatic heterocycles. The number of likely N-dealkylation sites (N-methyl/N-ethyl adjacent to an activating group) is 1. The molecular formula is C25H30N4O2. The van der Waals surface area contributed by atoms with Crippen molar-refractivity contribution in [3.05, 3.63) is 100 Å². The second-order valence-electron chi connectivity index (χ2n) is 7.24. The van der Waals surface area contributed by atoms with Gasteiger partial charge in [0.15, 0.2) is 5.96 Å². The van der Waals surface area contributed by atoms with Crippen LogP contribution >= 0.6 is 0 Å². The van der Waals surface area contributed by atoms with Crippen molar-refractivity contribution in [1.29, 1.82) is 0 Å². The molecule has 1 aromatic heterocycles. The number of nitrogens with zero attached hydrogens (tertiary/aromatic N) is 3. The predicted molar refractivity (Wildman–Crippen MR) is 126 cm³/mol. The van der Waals surface area contributed by atoms with E-state index in [4.69, 9.17) is 9.73 Å². The predicted octanol–water partition coefficient (Wildman–Crippen LogP) is 3.37. The number of guanidine groups is 1. The summed E-state index contributed by atoms with van der Waals surface area (Å²) in [6.07, 6.45) is 1.81. The van der Waals surface area contributed by atoms with Crippen molar-refractivity contribution in [3.8, 4) is 5.75 Å². The summed E-state index contributed by atoms with van der Waals surface area (Å²) in [6.45, 7) is 5.31. The third-order valence-electron chi connectivity index (χ3n) is 4.82. The molecule has 31 heavy (non-hydrogen) atoms. The maximum Gasteiger partial charge on any atom is 0.250 e. The quantitative estimate of drug-likeness (QED) is 0.428. The van der Waals surface area contributed by atoms with Gasteiger partial charge in [0.2, 0.25) is 0 Å². The zero-order valence-electron chi connectivity index (χ0n) is 18.2. The molecule has 0 aliphatic rings. The summed E-state index contributed by atoms with van der Waals surface area (Å²) in [5.74, 6) is 1.72. The molecule has 0 unspecified atom stereocenters. The van der Waals surface area contributed by atoms with Gasteiger partial charge in [-0.25, -0.2) is 4.99 Å². The van der Waals surface area contributed by atoms with Crippen molar-refractivity contribution in [3.63, 3.8) is 0 Å². The molecule has 0 bridgehead atoms. The number of hydrogen-bond acceptors (Lipinski definition) is 3. The lowest BCUT2D eigenvalue weighted by Gasteiger charge is -2.22. The molecule has 3 rings (SSSR count). The topological polar surface area (TPSA) is 58.9 Å². The lowest BCUT2D eigenvalue weighted by Crippen LogP contribution is -2.40. The molecule has 1 heterocycles. The Balaban J connectivity index is 1.55. The van der Waals surface area contributed by atoms with Crippen LogP contribution in [0.3, 0.4) is 0 Å². The largest absolute Gasteiger partial charge is 0.492 e. The zero-order valence-corrected chi connectivity index (χ0v) is 18.2. The highest BCUT2D eigenvalue weighted by Crippen LogP contribution is 2.09. The Morgan fingerprint density at radius 3 is 2.42 bits per heavy atom. The zero-order chi connectivity index (χ0) is 21.9. The smallest absolute Gasteiger partial charge is 0.250 e. The van der Waals surface area contributed by atoms with Crippen LogP contribution in [0.2, 0.25) is 0 Å². The molecule has 0 atom stereocenters. The number of aromatic nitrogens is 1. The minimum atomic E-state index is 0.00531. The minimum Gasteiger partial charge on any atom is -0.492 e. The SMILES string of the molecule is CCNC(=NCc1ccc(Cn2ccccc2=O)cc1)N(C)CCOc1ccccc1. The number of benzene rings is 2. The fourth-order valence-electron chi connectivity index (χ4n) is 3.10. The third kappa shape index (κ3) is 7.03. The van der Waals surface area contributed by atoms with E-state index >= 15 is 0 Å².